The van der Waals surface area contributed by atoms with Gasteiger partial charge in [-0.15, -0.1) is 6.42 Å². The number of aromatic hydroxyl groups is 1. The number of hydrazone groups is 1. The van der Waals surface area contributed by atoms with Crippen LogP contribution in [0.1, 0.15) is 27.0 Å². The van der Waals surface area contributed by atoms with E-state index in [1.807, 2.05) is 12.1 Å². The lowest BCUT2D eigenvalue weighted by Crippen LogP contribution is -2.17. The molecule has 0 radical (unpaired) electrons. The molecule has 1 amide bonds. The van der Waals surface area contributed by atoms with Gasteiger partial charge in [-0.1, -0.05) is 18.1 Å². The fraction of sp³-hybridized carbons (Fsp3) is 0.111. The Kier molecular flexibility index (Phi) is 5.50. The quantitative estimate of drug-likeness (QED) is 0.506. The number of methoxy groups -OCH3 is 1. The van der Waals surface area contributed by atoms with Crippen molar-refractivity contribution < 1.29 is 14.6 Å². The maximum Gasteiger partial charge on any atom is 0.271 e. The van der Waals surface area contributed by atoms with Crippen LogP contribution in [0.3, 0.4) is 0 Å². The van der Waals surface area contributed by atoms with Crippen molar-refractivity contribution in [2.75, 3.05) is 7.11 Å². The van der Waals surface area contributed by atoms with Crippen LogP contribution in [0.4, 0.5) is 0 Å². The van der Waals surface area contributed by atoms with E-state index in [-0.39, 0.29) is 11.7 Å². The van der Waals surface area contributed by atoms with Gasteiger partial charge >= 0.3 is 0 Å². The highest BCUT2D eigenvalue weighted by Gasteiger charge is 2.04. The summed E-state index contributed by atoms with van der Waals surface area (Å²) in [6.45, 7) is 0.491. The summed E-state index contributed by atoms with van der Waals surface area (Å²) in [4.78, 5) is 12.0. The molecule has 5 nitrogen and oxygen atoms in total. The lowest BCUT2D eigenvalue weighted by atomic mass is 10.1. The van der Waals surface area contributed by atoms with Crippen molar-refractivity contribution in [2.24, 2.45) is 5.10 Å². The summed E-state index contributed by atoms with van der Waals surface area (Å²) in [5, 5.41) is 13.5. The van der Waals surface area contributed by atoms with E-state index in [0.717, 1.165) is 5.56 Å². The van der Waals surface area contributed by atoms with E-state index >= 15 is 0 Å². The van der Waals surface area contributed by atoms with Gasteiger partial charge in [-0.3, -0.25) is 4.79 Å². The van der Waals surface area contributed by atoms with Crippen LogP contribution >= 0.6 is 0 Å². The molecule has 0 fully saturated rings. The Labute approximate surface area is 134 Å². The molecule has 2 aromatic carbocycles. The van der Waals surface area contributed by atoms with Gasteiger partial charge in [-0.05, 0) is 35.9 Å². The predicted octanol–water partition coefficient (Wildman–Crippen LogP) is 2.28. The summed E-state index contributed by atoms with van der Waals surface area (Å²) < 4.78 is 5.01. The third-order valence-corrected chi connectivity index (χ3v) is 3.09. The van der Waals surface area contributed by atoms with Gasteiger partial charge < -0.3 is 9.84 Å². The number of ether oxygens (including phenoxy) is 1. The Bertz CT molecular complexity index is 759. The van der Waals surface area contributed by atoms with E-state index < -0.39 is 0 Å². The number of terminal acetylenes is 1. The third-order valence-electron chi connectivity index (χ3n) is 3.09. The molecule has 116 valence electrons. The van der Waals surface area contributed by atoms with Crippen LogP contribution in [0.25, 0.3) is 0 Å². The zero-order valence-corrected chi connectivity index (χ0v) is 12.6. The number of nitrogens with zero attached hydrogens (tertiary/aromatic N) is 1. The number of phenols is 1. The first-order valence-electron chi connectivity index (χ1n) is 6.85. The summed E-state index contributed by atoms with van der Waals surface area (Å²) >= 11 is 0. The molecule has 0 spiro atoms. The molecule has 2 aromatic rings. The maximum atomic E-state index is 12.0. The van der Waals surface area contributed by atoms with Crippen LogP contribution in [0.5, 0.6) is 5.75 Å². The number of benzene rings is 2. The molecule has 5 heteroatoms. The molecular formula is C18H16N2O3. The molecule has 0 bridgehead atoms. The van der Waals surface area contributed by atoms with Crippen LogP contribution in [-0.4, -0.2) is 24.3 Å². The fourth-order valence-corrected chi connectivity index (χ4v) is 1.89. The zero-order chi connectivity index (χ0) is 16.7. The van der Waals surface area contributed by atoms with Crippen molar-refractivity contribution in [1.29, 1.82) is 0 Å². The molecule has 0 aliphatic carbocycles. The normalized spacial score (nSPS) is 10.4. The van der Waals surface area contributed by atoms with Crippen LogP contribution in [0, 0.1) is 12.3 Å². The minimum atomic E-state index is -0.349. The van der Waals surface area contributed by atoms with Crippen molar-refractivity contribution in [1.82, 2.24) is 5.43 Å². The highest BCUT2D eigenvalue weighted by Crippen LogP contribution is 2.15. The van der Waals surface area contributed by atoms with Gasteiger partial charge in [-0.2, -0.15) is 5.10 Å². The molecule has 23 heavy (non-hydrogen) atoms. The standard InChI is InChI=1S/C18H16N2O3/c1-3-13-6-9-17(21)16(10-13)11-19-20-18(22)15-7-4-14(5-8-15)12-23-2/h1,4-11,21H,12H2,2H3,(H,20,22)/b19-11+. The Morgan fingerprint density at radius 2 is 2.09 bits per heavy atom. The lowest BCUT2D eigenvalue weighted by molar-refractivity contribution is 0.0955. The average molecular weight is 308 g/mol. The Balaban J connectivity index is 2.02. The average Bonchev–Trinajstić information content (AvgIpc) is 2.57. The second-order valence-corrected chi connectivity index (χ2v) is 4.75. The van der Waals surface area contributed by atoms with E-state index in [9.17, 15) is 9.90 Å². The molecule has 0 unspecified atom stereocenters. The van der Waals surface area contributed by atoms with E-state index in [2.05, 4.69) is 16.4 Å². The molecule has 0 atom stereocenters. The fourth-order valence-electron chi connectivity index (χ4n) is 1.89. The van der Waals surface area contributed by atoms with Crippen LogP contribution in [0.15, 0.2) is 47.6 Å². The molecule has 0 aliphatic rings. The van der Waals surface area contributed by atoms with Crippen LogP contribution in [0.2, 0.25) is 0 Å². The smallest absolute Gasteiger partial charge is 0.271 e. The van der Waals surface area contributed by atoms with E-state index in [1.165, 1.54) is 12.3 Å². The molecule has 0 saturated heterocycles. The highest BCUT2D eigenvalue weighted by molar-refractivity contribution is 5.95. The number of hydrogen-bond donors (Lipinski definition) is 2. The first-order chi connectivity index (χ1) is 11.1. The third kappa shape index (κ3) is 4.43. The van der Waals surface area contributed by atoms with Gasteiger partial charge in [0.2, 0.25) is 0 Å². The molecule has 2 rings (SSSR count). The molecule has 0 aromatic heterocycles. The minimum absolute atomic E-state index is 0.0333. The topological polar surface area (TPSA) is 70.9 Å². The predicted molar refractivity (Wildman–Crippen MR) is 88.3 cm³/mol. The number of hydrogen-bond acceptors (Lipinski definition) is 4. The van der Waals surface area contributed by atoms with Crippen molar-refractivity contribution in [3.8, 4) is 18.1 Å². The lowest BCUT2D eigenvalue weighted by Gasteiger charge is -2.03. The second-order valence-electron chi connectivity index (χ2n) is 4.75. The first-order valence-corrected chi connectivity index (χ1v) is 6.85. The van der Waals surface area contributed by atoms with Crippen LogP contribution < -0.4 is 5.43 Å². The monoisotopic (exact) mass is 308 g/mol. The zero-order valence-electron chi connectivity index (χ0n) is 12.6. The van der Waals surface area contributed by atoms with Gasteiger partial charge in [0.25, 0.3) is 5.91 Å². The number of amides is 1. The van der Waals surface area contributed by atoms with Crippen molar-refractivity contribution in [3.05, 3.63) is 64.7 Å². The summed E-state index contributed by atoms with van der Waals surface area (Å²) in [6.07, 6.45) is 6.64. The number of carbonyl (C=O) groups excluding carboxylic acids is 1. The number of phenolic OH excluding ortho intramolecular Hbond substituents is 1. The largest absolute Gasteiger partial charge is 0.507 e. The Morgan fingerprint density at radius 1 is 1.35 bits per heavy atom. The summed E-state index contributed by atoms with van der Waals surface area (Å²) in [5.74, 6) is 2.15. The highest BCUT2D eigenvalue weighted by atomic mass is 16.5. The summed E-state index contributed by atoms with van der Waals surface area (Å²) in [6, 6.07) is 11.7. The van der Waals surface area contributed by atoms with Crippen molar-refractivity contribution >= 4 is 12.1 Å². The maximum absolute atomic E-state index is 12.0. The van der Waals surface area contributed by atoms with Crippen molar-refractivity contribution in [2.45, 2.75) is 6.61 Å². The van der Waals surface area contributed by atoms with Gasteiger partial charge in [0, 0.05) is 23.8 Å². The number of nitrogens with one attached hydrogen (secondary N) is 1. The SMILES string of the molecule is C#Cc1ccc(O)c(/C=N/NC(=O)c2ccc(COC)cc2)c1. The molecule has 0 heterocycles. The van der Waals surface area contributed by atoms with Crippen LogP contribution in [-0.2, 0) is 11.3 Å². The number of rotatable bonds is 5. The van der Waals surface area contributed by atoms with Crippen molar-refractivity contribution in [3.63, 3.8) is 0 Å². The second kappa shape index (κ2) is 7.78. The molecule has 0 saturated carbocycles. The van der Waals surface area contributed by atoms with E-state index in [1.54, 1.807) is 31.4 Å². The summed E-state index contributed by atoms with van der Waals surface area (Å²) in [7, 11) is 1.61. The Hall–Kier alpha value is -3.10. The number of carbonyl (C=O) groups is 1. The van der Waals surface area contributed by atoms with Gasteiger partial charge in [0.1, 0.15) is 5.75 Å². The molecule has 2 N–H and O–H groups in total. The molecule has 0 aliphatic heterocycles. The van der Waals surface area contributed by atoms with E-state index in [4.69, 9.17) is 11.2 Å². The molecular weight excluding hydrogens is 292 g/mol. The van der Waals surface area contributed by atoms with Gasteiger partial charge in [0.15, 0.2) is 0 Å². The van der Waals surface area contributed by atoms with E-state index in [0.29, 0.717) is 23.3 Å². The van der Waals surface area contributed by atoms with Gasteiger partial charge in [0.05, 0.1) is 12.8 Å². The first kappa shape index (κ1) is 16.3. The summed E-state index contributed by atoms with van der Waals surface area (Å²) in [5.41, 5.74) is 4.89. The minimum Gasteiger partial charge on any atom is -0.507 e. The van der Waals surface area contributed by atoms with Gasteiger partial charge in [-0.25, -0.2) is 5.43 Å². The Morgan fingerprint density at radius 3 is 2.74 bits per heavy atom.